The van der Waals surface area contributed by atoms with Crippen LogP contribution in [0.2, 0.25) is 0 Å². The Morgan fingerprint density at radius 3 is 2.05 bits per heavy atom. The average molecular weight is 551 g/mol. The number of aliphatic hydroxyl groups is 3. The number of aryl methyl sites for hydroxylation is 1. The van der Waals surface area contributed by atoms with Crippen molar-refractivity contribution in [3.63, 3.8) is 0 Å². The third kappa shape index (κ3) is 8.61. The van der Waals surface area contributed by atoms with Gasteiger partial charge in [-0.1, -0.05) is 38.1 Å². The largest absolute Gasteiger partial charge is 0.494 e. The van der Waals surface area contributed by atoms with E-state index in [4.69, 9.17) is 4.74 Å². The molecule has 0 aromatic heterocycles. The van der Waals surface area contributed by atoms with Gasteiger partial charge in [-0.3, -0.25) is 0 Å². The third-order valence-electron chi connectivity index (χ3n) is 6.89. The lowest BCUT2D eigenvalue weighted by atomic mass is 9.83. The molecule has 0 bridgehead atoms. The van der Waals surface area contributed by atoms with Crippen LogP contribution in [0.5, 0.6) is 5.75 Å². The second-order valence-corrected chi connectivity index (χ2v) is 9.35. The molecule has 0 aliphatic carbocycles. The van der Waals surface area contributed by atoms with E-state index >= 15 is 0 Å². The van der Waals surface area contributed by atoms with Crippen LogP contribution in [0.15, 0.2) is 36.4 Å². The average Bonchev–Trinajstić information content (AvgIpc) is 2.85. The Bertz CT molecular complexity index is 992. The molecule has 2 aromatic rings. The second-order valence-electron chi connectivity index (χ2n) is 9.35. The molecule has 2 rings (SSSR count). The first-order valence-corrected chi connectivity index (χ1v) is 12.8. The van der Waals surface area contributed by atoms with Gasteiger partial charge in [-0.05, 0) is 84.4 Å². The summed E-state index contributed by atoms with van der Waals surface area (Å²) in [5, 5.41) is 28.7. The lowest BCUT2D eigenvalue weighted by Crippen LogP contribution is -2.45. The highest BCUT2D eigenvalue weighted by Gasteiger charge is 2.59. The molecule has 214 valence electrons. The number of benzene rings is 2. The Morgan fingerprint density at radius 2 is 1.50 bits per heavy atom. The Kier molecular flexibility index (Phi) is 11.9. The van der Waals surface area contributed by atoms with Crippen LogP contribution in [0.4, 0.5) is 26.3 Å². The highest BCUT2D eigenvalue weighted by molar-refractivity contribution is 5.38. The molecule has 0 saturated heterocycles. The number of alkyl halides is 6. The van der Waals surface area contributed by atoms with Crippen molar-refractivity contribution in [3.8, 4) is 5.75 Å². The van der Waals surface area contributed by atoms with Gasteiger partial charge in [0.05, 0.1) is 25.9 Å². The van der Waals surface area contributed by atoms with Crippen LogP contribution in [-0.2, 0) is 26.1 Å². The molecule has 10 heteroatoms. The van der Waals surface area contributed by atoms with Gasteiger partial charge in [-0.2, -0.15) is 26.3 Å². The van der Waals surface area contributed by atoms with Gasteiger partial charge in [-0.15, -0.1) is 0 Å². The molecule has 0 spiro atoms. The number of ether oxygens (including phenoxy) is 1. The molecule has 38 heavy (non-hydrogen) atoms. The van der Waals surface area contributed by atoms with Crippen LogP contribution in [0.3, 0.4) is 0 Å². The fraction of sp³-hybridized carbons (Fsp3) is 0.571. The summed E-state index contributed by atoms with van der Waals surface area (Å²) < 4.78 is 84.1. The van der Waals surface area contributed by atoms with E-state index in [9.17, 15) is 41.7 Å². The van der Waals surface area contributed by atoms with Gasteiger partial charge >= 0.3 is 12.4 Å². The number of hydrogen-bond donors (Lipinski definition) is 3. The van der Waals surface area contributed by atoms with E-state index in [1.807, 2.05) is 26.0 Å². The van der Waals surface area contributed by atoms with Crippen molar-refractivity contribution in [1.82, 2.24) is 0 Å². The zero-order valence-electron chi connectivity index (χ0n) is 21.6. The first-order chi connectivity index (χ1) is 17.9. The lowest BCUT2D eigenvalue weighted by Gasteiger charge is -2.28. The maximum atomic E-state index is 13.1. The topological polar surface area (TPSA) is 69.9 Å². The summed E-state index contributed by atoms with van der Waals surface area (Å²) in [7, 11) is 0. The molecule has 0 amide bonds. The molecule has 3 N–H and O–H groups in total. The summed E-state index contributed by atoms with van der Waals surface area (Å²) in [4.78, 5) is 0. The van der Waals surface area contributed by atoms with E-state index in [2.05, 4.69) is 0 Å². The van der Waals surface area contributed by atoms with Crippen LogP contribution in [-0.4, -0.2) is 40.4 Å². The van der Waals surface area contributed by atoms with Crippen LogP contribution in [0.1, 0.15) is 73.3 Å². The fourth-order valence-electron chi connectivity index (χ4n) is 4.85. The minimum Gasteiger partial charge on any atom is -0.494 e. The molecule has 2 aromatic carbocycles. The van der Waals surface area contributed by atoms with Crippen LogP contribution < -0.4 is 4.74 Å². The maximum absolute atomic E-state index is 13.1. The predicted octanol–water partition coefficient (Wildman–Crippen LogP) is 6.62. The van der Waals surface area contributed by atoms with Crippen molar-refractivity contribution in [2.24, 2.45) is 5.92 Å². The van der Waals surface area contributed by atoms with Gasteiger partial charge < -0.3 is 20.1 Å². The molecule has 2 atom stereocenters. The summed E-state index contributed by atoms with van der Waals surface area (Å²) in [5.41, 5.74) is 3.57. The molecule has 0 aliphatic heterocycles. The molecule has 4 nitrogen and oxygen atoms in total. The molecule has 0 aliphatic rings. The van der Waals surface area contributed by atoms with Crippen LogP contribution >= 0.6 is 0 Å². The Labute approximate surface area is 219 Å². The van der Waals surface area contributed by atoms with Crippen molar-refractivity contribution in [2.75, 3.05) is 6.61 Å². The number of aliphatic hydroxyl groups excluding tert-OH is 3. The molecule has 0 saturated carbocycles. The van der Waals surface area contributed by atoms with Gasteiger partial charge in [0, 0.05) is 0 Å². The molecule has 0 heterocycles. The molecule has 0 fully saturated rings. The Balaban J connectivity index is 2.12. The quantitative estimate of drug-likeness (QED) is 0.183. The van der Waals surface area contributed by atoms with Gasteiger partial charge in [-0.25, -0.2) is 0 Å². The maximum Gasteiger partial charge on any atom is 0.403 e. The first kappa shape index (κ1) is 31.9. The Hall–Kier alpha value is -2.30. The SMILES string of the molecule is CCc1cccc(C(CC)CCCOc2ccc(CO)c(CO)c2)c1CCC(O)C(C(F)(F)F)C(F)(F)F. The van der Waals surface area contributed by atoms with Crippen molar-refractivity contribution in [2.45, 2.75) is 90.0 Å². The fourth-order valence-corrected chi connectivity index (χ4v) is 4.85. The molecular formula is C28H36F6O4. The second kappa shape index (κ2) is 14.2. The smallest absolute Gasteiger partial charge is 0.403 e. The van der Waals surface area contributed by atoms with Crippen LogP contribution in [0.25, 0.3) is 0 Å². The van der Waals surface area contributed by atoms with Crippen molar-refractivity contribution >= 4 is 0 Å². The van der Waals surface area contributed by atoms with Crippen LogP contribution in [0, 0.1) is 5.92 Å². The van der Waals surface area contributed by atoms with E-state index < -0.39 is 30.8 Å². The zero-order chi connectivity index (χ0) is 28.5. The van der Waals surface area contributed by atoms with Crippen molar-refractivity contribution in [3.05, 3.63) is 64.2 Å². The first-order valence-electron chi connectivity index (χ1n) is 12.8. The Morgan fingerprint density at radius 1 is 0.842 bits per heavy atom. The lowest BCUT2D eigenvalue weighted by molar-refractivity contribution is -0.306. The van der Waals surface area contributed by atoms with Gasteiger partial charge in [0.15, 0.2) is 5.92 Å². The molecular weight excluding hydrogens is 514 g/mol. The third-order valence-corrected chi connectivity index (χ3v) is 6.89. The van der Waals surface area contributed by atoms with Gasteiger partial charge in [0.25, 0.3) is 0 Å². The standard InChI is InChI=1S/C28H36F6O4/c1-3-18-7-5-9-23(24(18)12-13-25(37)26(27(29,30)31)28(32,33)34)19(4-2)8-6-14-38-22-11-10-20(16-35)21(15-22)17-36/h5,7,9-11,15,19,25-26,35-37H,3-4,6,8,12-14,16-17H2,1-2H3. The highest BCUT2D eigenvalue weighted by Crippen LogP contribution is 2.42. The number of halogens is 6. The van der Waals surface area contributed by atoms with E-state index in [0.717, 1.165) is 11.1 Å². The van der Waals surface area contributed by atoms with Gasteiger partial charge in [0.2, 0.25) is 0 Å². The highest BCUT2D eigenvalue weighted by atomic mass is 19.4. The van der Waals surface area contributed by atoms with Crippen molar-refractivity contribution < 1.29 is 46.4 Å². The number of rotatable bonds is 14. The van der Waals surface area contributed by atoms with E-state index in [1.54, 1.807) is 24.3 Å². The minimum absolute atomic E-state index is 0.00281. The molecule has 0 radical (unpaired) electrons. The van der Waals surface area contributed by atoms with E-state index in [-0.39, 0.29) is 25.6 Å². The summed E-state index contributed by atoms with van der Waals surface area (Å²) in [6.07, 6.45) is -12.0. The zero-order valence-corrected chi connectivity index (χ0v) is 21.6. The molecule has 2 unspecified atom stereocenters. The minimum atomic E-state index is -5.59. The van der Waals surface area contributed by atoms with Gasteiger partial charge in [0.1, 0.15) is 5.75 Å². The van der Waals surface area contributed by atoms with E-state index in [0.29, 0.717) is 54.7 Å². The predicted molar refractivity (Wildman–Crippen MR) is 132 cm³/mol. The monoisotopic (exact) mass is 550 g/mol. The summed E-state index contributed by atoms with van der Waals surface area (Å²) in [6, 6.07) is 10.5. The van der Waals surface area contributed by atoms with E-state index in [1.165, 1.54) is 0 Å². The van der Waals surface area contributed by atoms with Crippen molar-refractivity contribution in [1.29, 1.82) is 0 Å². The summed E-state index contributed by atoms with van der Waals surface area (Å²) in [6.45, 7) is 3.76. The normalized spacial score (nSPS) is 14.1. The summed E-state index contributed by atoms with van der Waals surface area (Å²) >= 11 is 0. The summed E-state index contributed by atoms with van der Waals surface area (Å²) in [5.74, 6) is -3.24. The number of hydrogen-bond acceptors (Lipinski definition) is 4.